The number of aryl methyl sites for hydroxylation is 1. The molecule has 0 radical (unpaired) electrons. The molecule has 0 amide bonds. The zero-order valence-corrected chi connectivity index (χ0v) is 11.6. The van der Waals surface area contributed by atoms with Gasteiger partial charge in [0.25, 0.3) is 10.0 Å². The van der Waals surface area contributed by atoms with Gasteiger partial charge in [0.1, 0.15) is 4.21 Å². The van der Waals surface area contributed by atoms with Crippen molar-refractivity contribution in [2.75, 3.05) is 6.54 Å². The summed E-state index contributed by atoms with van der Waals surface area (Å²) in [5.74, 6) is -0.974. The van der Waals surface area contributed by atoms with Gasteiger partial charge in [-0.25, -0.2) is 8.42 Å². The van der Waals surface area contributed by atoms with Gasteiger partial charge in [0.05, 0.1) is 6.42 Å². The highest BCUT2D eigenvalue weighted by molar-refractivity contribution is 7.91. The molecule has 1 aromatic heterocycles. The van der Waals surface area contributed by atoms with Crippen LogP contribution in [0.15, 0.2) is 16.3 Å². The third-order valence-corrected chi connectivity index (χ3v) is 6.20. The Hall–Kier alpha value is -0.920. The van der Waals surface area contributed by atoms with Crippen LogP contribution in [0.25, 0.3) is 0 Å². The van der Waals surface area contributed by atoms with E-state index in [9.17, 15) is 13.2 Å². The molecule has 0 aromatic carbocycles. The summed E-state index contributed by atoms with van der Waals surface area (Å²) in [7, 11) is -3.52. The topological polar surface area (TPSA) is 74.7 Å². The SMILES string of the molecule is Cc1ccc(S(=O)(=O)N(CCC(=O)O)C2CC2)s1. The van der Waals surface area contributed by atoms with Crippen molar-refractivity contribution in [2.45, 2.75) is 36.4 Å². The van der Waals surface area contributed by atoms with Crippen molar-refractivity contribution in [2.24, 2.45) is 0 Å². The van der Waals surface area contributed by atoms with Gasteiger partial charge in [0.2, 0.25) is 0 Å². The zero-order chi connectivity index (χ0) is 13.3. The lowest BCUT2D eigenvalue weighted by atomic mass is 10.4. The van der Waals surface area contributed by atoms with Crippen molar-refractivity contribution >= 4 is 27.3 Å². The summed E-state index contributed by atoms with van der Waals surface area (Å²) in [5, 5.41) is 8.69. The van der Waals surface area contributed by atoms with Crippen LogP contribution in [0, 0.1) is 6.92 Å². The van der Waals surface area contributed by atoms with Crippen LogP contribution in [0.5, 0.6) is 0 Å². The molecular weight excluding hydrogens is 274 g/mol. The molecule has 1 N–H and O–H groups in total. The van der Waals surface area contributed by atoms with Crippen LogP contribution in [0.1, 0.15) is 24.1 Å². The normalized spacial score (nSPS) is 16.1. The molecule has 5 nitrogen and oxygen atoms in total. The second-order valence-electron chi connectivity index (χ2n) is 4.36. The number of hydrogen-bond donors (Lipinski definition) is 1. The van der Waals surface area contributed by atoms with Crippen LogP contribution in [0.4, 0.5) is 0 Å². The molecule has 0 spiro atoms. The molecule has 0 saturated heterocycles. The fraction of sp³-hybridized carbons (Fsp3) is 0.545. The number of rotatable bonds is 6. The Kier molecular flexibility index (Phi) is 3.74. The van der Waals surface area contributed by atoms with E-state index in [2.05, 4.69) is 0 Å². The quantitative estimate of drug-likeness (QED) is 0.864. The van der Waals surface area contributed by atoms with Crippen molar-refractivity contribution in [3.05, 3.63) is 17.0 Å². The molecular formula is C11H15NO4S2. The molecule has 7 heteroatoms. The Bertz CT molecular complexity index is 545. The first-order chi connectivity index (χ1) is 8.41. The predicted octanol–water partition coefficient (Wildman–Crippen LogP) is 1.68. The standard InChI is InChI=1S/C11H15NO4S2/c1-8-2-5-11(17-8)18(15,16)12(9-3-4-9)7-6-10(13)14/h2,5,9H,3-4,6-7H2,1H3,(H,13,14). The summed E-state index contributed by atoms with van der Waals surface area (Å²) < 4.78 is 26.4. The molecule has 0 unspecified atom stereocenters. The molecule has 0 atom stereocenters. The summed E-state index contributed by atoms with van der Waals surface area (Å²) in [6, 6.07) is 3.34. The second-order valence-corrected chi connectivity index (χ2v) is 7.76. The molecule has 18 heavy (non-hydrogen) atoms. The fourth-order valence-corrected chi connectivity index (χ4v) is 4.83. The van der Waals surface area contributed by atoms with Gasteiger partial charge in [-0.2, -0.15) is 4.31 Å². The highest BCUT2D eigenvalue weighted by Gasteiger charge is 2.38. The lowest BCUT2D eigenvalue weighted by Gasteiger charge is -2.19. The van der Waals surface area contributed by atoms with E-state index >= 15 is 0 Å². The van der Waals surface area contributed by atoms with E-state index in [4.69, 9.17) is 5.11 Å². The Balaban J connectivity index is 2.21. The number of nitrogens with zero attached hydrogens (tertiary/aromatic N) is 1. The van der Waals surface area contributed by atoms with Gasteiger partial charge in [0.15, 0.2) is 0 Å². The summed E-state index contributed by atoms with van der Waals surface area (Å²) in [4.78, 5) is 11.5. The fourth-order valence-electron chi connectivity index (χ4n) is 1.73. The van der Waals surface area contributed by atoms with Crippen molar-refractivity contribution in [3.63, 3.8) is 0 Å². The molecule has 0 aliphatic heterocycles. The minimum atomic E-state index is -3.52. The van der Waals surface area contributed by atoms with E-state index in [1.807, 2.05) is 6.92 Å². The van der Waals surface area contributed by atoms with Crippen LogP contribution in [-0.4, -0.2) is 36.4 Å². The molecule has 1 saturated carbocycles. The van der Waals surface area contributed by atoms with Crippen molar-refractivity contribution in [1.82, 2.24) is 4.31 Å². The number of carboxylic acid groups (broad SMARTS) is 1. The van der Waals surface area contributed by atoms with Crippen molar-refractivity contribution in [1.29, 1.82) is 0 Å². The Morgan fingerprint density at radius 2 is 2.17 bits per heavy atom. The molecule has 100 valence electrons. The van der Waals surface area contributed by atoms with Crippen LogP contribution in [-0.2, 0) is 14.8 Å². The summed E-state index contributed by atoms with van der Waals surface area (Å²) in [6.07, 6.45) is 1.49. The molecule has 0 bridgehead atoms. The van der Waals surface area contributed by atoms with Crippen molar-refractivity contribution in [3.8, 4) is 0 Å². The first kappa shape index (κ1) is 13.5. The van der Waals surface area contributed by atoms with E-state index in [1.54, 1.807) is 12.1 Å². The van der Waals surface area contributed by atoms with E-state index in [0.29, 0.717) is 4.21 Å². The maximum absolute atomic E-state index is 12.4. The summed E-state index contributed by atoms with van der Waals surface area (Å²) >= 11 is 1.23. The molecule has 1 heterocycles. The minimum absolute atomic E-state index is 0.0169. The third-order valence-electron chi connectivity index (χ3n) is 2.78. The number of hydrogen-bond acceptors (Lipinski definition) is 4. The summed E-state index contributed by atoms with van der Waals surface area (Å²) in [5.41, 5.74) is 0. The van der Waals surface area contributed by atoms with Crippen molar-refractivity contribution < 1.29 is 18.3 Å². The Morgan fingerprint density at radius 3 is 2.61 bits per heavy atom. The molecule has 1 fully saturated rings. The van der Waals surface area contributed by atoms with Gasteiger partial charge < -0.3 is 5.11 Å². The molecule has 1 aromatic rings. The maximum Gasteiger partial charge on any atom is 0.304 e. The lowest BCUT2D eigenvalue weighted by molar-refractivity contribution is -0.137. The molecule has 1 aliphatic rings. The van der Waals surface area contributed by atoms with Gasteiger partial charge in [-0.15, -0.1) is 11.3 Å². The van der Waals surface area contributed by atoms with E-state index in [0.717, 1.165) is 17.7 Å². The van der Waals surface area contributed by atoms with Gasteiger partial charge >= 0.3 is 5.97 Å². The smallest absolute Gasteiger partial charge is 0.304 e. The Labute approximate surface area is 110 Å². The first-order valence-electron chi connectivity index (χ1n) is 5.71. The van der Waals surface area contributed by atoms with Crippen LogP contribution in [0.3, 0.4) is 0 Å². The van der Waals surface area contributed by atoms with E-state index in [-0.39, 0.29) is 19.0 Å². The highest BCUT2D eigenvalue weighted by atomic mass is 32.2. The lowest BCUT2D eigenvalue weighted by Crippen LogP contribution is -2.34. The van der Waals surface area contributed by atoms with E-state index < -0.39 is 16.0 Å². The highest BCUT2D eigenvalue weighted by Crippen LogP contribution is 2.34. The monoisotopic (exact) mass is 289 g/mol. The Morgan fingerprint density at radius 1 is 1.50 bits per heavy atom. The minimum Gasteiger partial charge on any atom is -0.481 e. The van der Waals surface area contributed by atoms with Crippen LogP contribution < -0.4 is 0 Å². The van der Waals surface area contributed by atoms with Crippen LogP contribution in [0.2, 0.25) is 0 Å². The second kappa shape index (κ2) is 4.99. The van der Waals surface area contributed by atoms with Gasteiger partial charge in [-0.3, -0.25) is 4.79 Å². The van der Waals surface area contributed by atoms with Gasteiger partial charge in [0, 0.05) is 17.5 Å². The molecule has 2 rings (SSSR count). The predicted molar refractivity (Wildman–Crippen MR) is 68.2 cm³/mol. The average Bonchev–Trinajstić information content (AvgIpc) is 2.99. The number of carbonyl (C=O) groups is 1. The molecule has 1 aliphatic carbocycles. The number of thiophene rings is 1. The average molecular weight is 289 g/mol. The van der Waals surface area contributed by atoms with E-state index in [1.165, 1.54) is 15.6 Å². The number of aliphatic carboxylic acids is 1. The zero-order valence-electron chi connectivity index (χ0n) is 10.00. The third kappa shape index (κ3) is 2.90. The maximum atomic E-state index is 12.4. The van der Waals surface area contributed by atoms with Crippen LogP contribution >= 0.6 is 11.3 Å². The first-order valence-corrected chi connectivity index (χ1v) is 7.97. The largest absolute Gasteiger partial charge is 0.481 e. The van der Waals surface area contributed by atoms with Gasteiger partial charge in [-0.1, -0.05) is 0 Å². The van der Waals surface area contributed by atoms with Gasteiger partial charge in [-0.05, 0) is 31.9 Å². The number of sulfonamides is 1. The number of carboxylic acids is 1. The summed E-state index contributed by atoms with van der Waals surface area (Å²) in [6.45, 7) is 1.90.